The molecule has 0 aliphatic heterocycles. The first-order valence-corrected chi connectivity index (χ1v) is 6.75. The molecule has 2 N–H and O–H groups in total. The van der Waals surface area contributed by atoms with Gasteiger partial charge in [0.2, 0.25) is 0 Å². The summed E-state index contributed by atoms with van der Waals surface area (Å²) in [7, 11) is 3.01. The fraction of sp³-hybridized carbons (Fsp3) is 0.467. The molecule has 0 radical (unpaired) electrons. The Bertz CT molecular complexity index is 569. The van der Waals surface area contributed by atoms with Gasteiger partial charge in [0.15, 0.2) is 17.3 Å². The normalized spacial score (nSPS) is 20.7. The van der Waals surface area contributed by atoms with Crippen molar-refractivity contribution < 1.29 is 23.8 Å². The number of hydrogen-bond acceptors (Lipinski definition) is 6. The molecular weight excluding hydrogens is 274 g/mol. The zero-order valence-electron chi connectivity index (χ0n) is 12.3. The maximum atomic E-state index is 12.4. The van der Waals surface area contributed by atoms with Crippen molar-refractivity contribution in [3.63, 3.8) is 0 Å². The van der Waals surface area contributed by atoms with Crippen LogP contribution in [0.2, 0.25) is 0 Å². The number of benzene rings is 1. The molecule has 1 aromatic carbocycles. The highest BCUT2D eigenvalue weighted by Gasteiger charge is 2.40. The molecule has 1 aliphatic rings. The Morgan fingerprint density at radius 1 is 1.33 bits per heavy atom. The molecule has 1 aromatic rings. The summed E-state index contributed by atoms with van der Waals surface area (Å²) < 4.78 is 15.6. The van der Waals surface area contributed by atoms with E-state index in [9.17, 15) is 9.59 Å². The number of rotatable bonds is 4. The van der Waals surface area contributed by atoms with Gasteiger partial charge in [0, 0.05) is 11.1 Å². The standard InChI is InChI=1S/C15H19NO5/c1-4-21-15(18)10-7-9-8(13(17)12(10)16)5-6-11(19-2)14(9)20-3/h5-6,10,12H,4,7,16H2,1-3H3. The van der Waals surface area contributed by atoms with Crippen molar-refractivity contribution in [2.24, 2.45) is 11.7 Å². The smallest absolute Gasteiger partial charge is 0.311 e. The second-order valence-electron chi connectivity index (χ2n) is 4.78. The van der Waals surface area contributed by atoms with E-state index >= 15 is 0 Å². The number of Topliss-reactive ketones (excluding diaryl/α,β-unsaturated/α-hetero) is 1. The summed E-state index contributed by atoms with van der Waals surface area (Å²) in [6.45, 7) is 1.96. The molecule has 0 heterocycles. The van der Waals surface area contributed by atoms with Crippen LogP contribution in [-0.4, -0.2) is 38.6 Å². The molecule has 6 nitrogen and oxygen atoms in total. The van der Waals surface area contributed by atoms with Crippen molar-refractivity contribution in [3.05, 3.63) is 23.3 Å². The molecule has 0 spiro atoms. The number of esters is 1. The van der Waals surface area contributed by atoms with Crippen LogP contribution in [-0.2, 0) is 16.0 Å². The number of methoxy groups -OCH3 is 2. The van der Waals surface area contributed by atoms with Gasteiger partial charge >= 0.3 is 5.97 Å². The number of fused-ring (bicyclic) bond motifs is 1. The van der Waals surface area contributed by atoms with E-state index in [2.05, 4.69) is 0 Å². The quantitative estimate of drug-likeness (QED) is 0.832. The molecule has 0 amide bonds. The van der Waals surface area contributed by atoms with Gasteiger partial charge in [-0.05, 0) is 25.5 Å². The van der Waals surface area contributed by atoms with Crippen LogP contribution in [0.1, 0.15) is 22.8 Å². The second kappa shape index (κ2) is 6.13. The van der Waals surface area contributed by atoms with Crippen LogP contribution in [0.5, 0.6) is 11.5 Å². The summed E-state index contributed by atoms with van der Waals surface area (Å²) in [4.78, 5) is 24.4. The average Bonchev–Trinajstić information content (AvgIpc) is 2.49. The highest BCUT2D eigenvalue weighted by molar-refractivity contribution is 6.05. The van der Waals surface area contributed by atoms with Gasteiger partial charge in [0.1, 0.15) is 0 Å². The van der Waals surface area contributed by atoms with Gasteiger partial charge in [0.25, 0.3) is 0 Å². The highest BCUT2D eigenvalue weighted by Crippen LogP contribution is 2.38. The molecular formula is C15H19NO5. The molecule has 0 aromatic heterocycles. The zero-order chi connectivity index (χ0) is 15.6. The second-order valence-corrected chi connectivity index (χ2v) is 4.78. The highest BCUT2D eigenvalue weighted by atomic mass is 16.5. The van der Waals surface area contributed by atoms with Crippen LogP contribution >= 0.6 is 0 Å². The number of nitrogens with two attached hydrogens (primary N) is 1. The van der Waals surface area contributed by atoms with E-state index in [-0.39, 0.29) is 12.4 Å². The number of ether oxygens (including phenoxy) is 3. The molecule has 6 heteroatoms. The molecule has 114 valence electrons. The Balaban J connectivity index is 2.48. The fourth-order valence-electron chi connectivity index (χ4n) is 2.61. The molecule has 1 aliphatic carbocycles. The van der Waals surface area contributed by atoms with E-state index in [0.29, 0.717) is 29.0 Å². The van der Waals surface area contributed by atoms with Gasteiger partial charge in [-0.2, -0.15) is 0 Å². The van der Waals surface area contributed by atoms with Gasteiger partial charge in [0.05, 0.1) is 32.8 Å². The van der Waals surface area contributed by atoms with Crippen LogP contribution in [0, 0.1) is 5.92 Å². The van der Waals surface area contributed by atoms with E-state index in [1.165, 1.54) is 14.2 Å². The van der Waals surface area contributed by atoms with Crippen LogP contribution in [0.4, 0.5) is 0 Å². The monoisotopic (exact) mass is 293 g/mol. The Hall–Kier alpha value is -2.08. The molecule has 0 fully saturated rings. The van der Waals surface area contributed by atoms with Crippen molar-refractivity contribution in [2.45, 2.75) is 19.4 Å². The van der Waals surface area contributed by atoms with Crippen molar-refractivity contribution in [1.29, 1.82) is 0 Å². The van der Waals surface area contributed by atoms with Crippen molar-refractivity contribution in [1.82, 2.24) is 0 Å². The van der Waals surface area contributed by atoms with Crippen molar-refractivity contribution >= 4 is 11.8 Å². The van der Waals surface area contributed by atoms with E-state index in [0.717, 1.165) is 0 Å². The lowest BCUT2D eigenvalue weighted by Crippen LogP contribution is -2.47. The maximum absolute atomic E-state index is 12.4. The number of carbonyl (C=O) groups is 2. The molecule has 2 atom stereocenters. The summed E-state index contributed by atoms with van der Waals surface area (Å²) >= 11 is 0. The Kier molecular flexibility index (Phi) is 4.47. The van der Waals surface area contributed by atoms with Crippen molar-refractivity contribution in [3.8, 4) is 11.5 Å². The molecule has 2 unspecified atom stereocenters. The SMILES string of the molecule is CCOC(=O)C1Cc2c(ccc(OC)c2OC)C(=O)C1N. The predicted molar refractivity (Wildman–Crippen MR) is 75.7 cm³/mol. The molecule has 21 heavy (non-hydrogen) atoms. The van der Waals surface area contributed by atoms with Gasteiger partial charge in [-0.15, -0.1) is 0 Å². The lowest BCUT2D eigenvalue weighted by molar-refractivity contribution is -0.148. The molecule has 0 saturated heterocycles. The molecule has 2 rings (SSSR count). The summed E-state index contributed by atoms with van der Waals surface area (Å²) in [5.74, 6) is -0.471. The summed E-state index contributed by atoms with van der Waals surface area (Å²) in [5, 5.41) is 0. The van der Waals surface area contributed by atoms with E-state index in [4.69, 9.17) is 19.9 Å². The lowest BCUT2D eigenvalue weighted by atomic mass is 9.79. The largest absolute Gasteiger partial charge is 0.493 e. The Labute approximate surface area is 123 Å². The van der Waals surface area contributed by atoms with Crippen LogP contribution in [0.25, 0.3) is 0 Å². The summed E-state index contributed by atoms with van der Waals surface area (Å²) in [6, 6.07) is 2.42. The third-order valence-corrected chi connectivity index (χ3v) is 3.66. The average molecular weight is 293 g/mol. The minimum absolute atomic E-state index is 0.248. The van der Waals surface area contributed by atoms with Crippen LogP contribution < -0.4 is 15.2 Å². The third-order valence-electron chi connectivity index (χ3n) is 3.66. The molecule has 0 bridgehead atoms. The van der Waals surface area contributed by atoms with Gasteiger partial charge in [-0.25, -0.2) is 0 Å². The summed E-state index contributed by atoms with van der Waals surface area (Å²) in [6.07, 6.45) is 0.293. The van der Waals surface area contributed by atoms with Crippen LogP contribution in [0.3, 0.4) is 0 Å². The van der Waals surface area contributed by atoms with Crippen molar-refractivity contribution in [2.75, 3.05) is 20.8 Å². The van der Waals surface area contributed by atoms with E-state index in [1.54, 1.807) is 19.1 Å². The predicted octanol–water partition coefficient (Wildman–Crippen LogP) is 0.949. The number of hydrogen-bond donors (Lipinski definition) is 1. The summed E-state index contributed by atoms with van der Waals surface area (Å²) in [5.41, 5.74) is 7.02. The van der Waals surface area contributed by atoms with Crippen LogP contribution in [0.15, 0.2) is 12.1 Å². The minimum Gasteiger partial charge on any atom is -0.493 e. The fourth-order valence-corrected chi connectivity index (χ4v) is 2.61. The first kappa shape index (κ1) is 15.3. The first-order valence-electron chi connectivity index (χ1n) is 6.75. The third kappa shape index (κ3) is 2.58. The van der Waals surface area contributed by atoms with E-state index < -0.39 is 17.9 Å². The van der Waals surface area contributed by atoms with Gasteiger partial charge < -0.3 is 19.9 Å². The first-order chi connectivity index (χ1) is 10.0. The maximum Gasteiger partial charge on any atom is 0.311 e. The van der Waals surface area contributed by atoms with Gasteiger partial charge in [-0.3, -0.25) is 9.59 Å². The minimum atomic E-state index is -0.894. The van der Waals surface area contributed by atoms with Gasteiger partial charge in [-0.1, -0.05) is 0 Å². The lowest BCUT2D eigenvalue weighted by Gasteiger charge is -2.29. The van der Waals surface area contributed by atoms with E-state index in [1.807, 2.05) is 0 Å². The Morgan fingerprint density at radius 2 is 2.05 bits per heavy atom. The topological polar surface area (TPSA) is 87.9 Å². The number of carbonyl (C=O) groups excluding carboxylic acids is 2. The zero-order valence-corrected chi connectivity index (χ0v) is 12.3. The Morgan fingerprint density at radius 3 is 2.62 bits per heavy atom. The molecule has 0 saturated carbocycles. The number of ketones is 1.